The number of benzene rings is 1. The van der Waals surface area contributed by atoms with Crippen molar-refractivity contribution in [3.8, 4) is 11.8 Å². The molecule has 1 aromatic carbocycles. The molecule has 0 N–H and O–H groups in total. The molecule has 0 saturated heterocycles. The fourth-order valence-corrected chi connectivity index (χ4v) is 4.23. The molecule has 0 aliphatic carbocycles. The van der Waals surface area contributed by atoms with Gasteiger partial charge in [0.05, 0.1) is 0 Å². The molecule has 0 aliphatic heterocycles. The Morgan fingerprint density at radius 1 is 1.33 bits per heavy atom. The van der Waals surface area contributed by atoms with Crippen LogP contribution in [0.15, 0.2) is 35.3 Å². The Morgan fingerprint density at radius 3 is 2.75 bits per heavy atom. The summed E-state index contributed by atoms with van der Waals surface area (Å²) in [6, 6.07) is 10.5. The molecule has 0 heterocycles. The summed E-state index contributed by atoms with van der Waals surface area (Å²) >= 11 is 0.355. The number of unbranched alkanes of at least 4 members (excludes halogenated alkanes) is 1. The summed E-state index contributed by atoms with van der Waals surface area (Å²) in [5.41, 5.74) is 0. The van der Waals surface area contributed by atoms with Crippen LogP contribution in [0.3, 0.4) is 0 Å². The summed E-state index contributed by atoms with van der Waals surface area (Å²) < 4.78 is 6.30. The van der Waals surface area contributed by atoms with Crippen molar-refractivity contribution in [1.82, 2.24) is 0 Å². The zero-order valence-electron chi connectivity index (χ0n) is 14.8. The van der Waals surface area contributed by atoms with Crippen LogP contribution < -0.4 is 4.46 Å². The van der Waals surface area contributed by atoms with Crippen LogP contribution in [-0.4, -0.2) is 39.8 Å². The van der Waals surface area contributed by atoms with Gasteiger partial charge < -0.3 is 0 Å². The number of nitrogens with zero attached hydrogens (tertiary/aromatic N) is 1. The number of hydrogen-bond donors (Lipinski definition) is 0. The molecule has 2 atom stereocenters. The standard InChI is InChI=1S/C20H27NO2Se/c1-4-6-11-18(24-19-12-8-7-9-13-19)14-10-15-21-17(3)16-20(22)23-5-2/h7-9,12-13,15,17-18H,4-6,11,16H2,1-3H3. The van der Waals surface area contributed by atoms with E-state index in [-0.39, 0.29) is 12.0 Å². The van der Waals surface area contributed by atoms with Crippen molar-refractivity contribution in [2.24, 2.45) is 4.99 Å². The van der Waals surface area contributed by atoms with Crippen molar-refractivity contribution in [2.45, 2.75) is 57.3 Å². The molecule has 0 radical (unpaired) electrons. The van der Waals surface area contributed by atoms with Crippen LogP contribution >= 0.6 is 0 Å². The Morgan fingerprint density at radius 2 is 2.08 bits per heavy atom. The van der Waals surface area contributed by atoms with Gasteiger partial charge in [0.25, 0.3) is 0 Å². The van der Waals surface area contributed by atoms with Crippen LogP contribution in [0.25, 0.3) is 0 Å². The number of rotatable bonds is 9. The molecule has 0 aliphatic rings. The van der Waals surface area contributed by atoms with Crippen LogP contribution in [0.4, 0.5) is 0 Å². The zero-order valence-corrected chi connectivity index (χ0v) is 16.5. The van der Waals surface area contributed by atoms with Gasteiger partial charge in [0.1, 0.15) is 0 Å². The quantitative estimate of drug-likeness (QED) is 0.280. The van der Waals surface area contributed by atoms with Crippen LogP contribution in [0.2, 0.25) is 4.82 Å². The summed E-state index contributed by atoms with van der Waals surface area (Å²) in [6.07, 6.45) is 5.46. The van der Waals surface area contributed by atoms with E-state index in [9.17, 15) is 4.79 Å². The summed E-state index contributed by atoms with van der Waals surface area (Å²) in [4.78, 5) is 16.1. The maximum atomic E-state index is 11.4. The van der Waals surface area contributed by atoms with Crippen molar-refractivity contribution in [2.75, 3.05) is 6.61 Å². The van der Waals surface area contributed by atoms with E-state index in [0.717, 1.165) is 6.42 Å². The van der Waals surface area contributed by atoms with E-state index in [1.807, 2.05) is 19.9 Å². The Labute approximate surface area is 152 Å². The number of ether oxygens (including phenoxy) is 1. The summed E-state index contributed by atoms with van der Waals surface area (Å²) in [5.74, 6) is 6.22. The first-order valence-electron chi connectivity index (χ1n) is 8.55. The minimum absolute atomic E-state index is 0.0907. The first kappa shape index (κ1) is 20.5. The van der Waals surface area contributed by atoms with Crippen LogP contribution in [0, 0.1) is 11.8 Å². The van der Waals surface area contributed by atoms with Crippen molar-refractivity contribution < 1.29 is 9.53 Å². The van der Waals surface area contributed by atoms with E-state index in [2.05, 4.69) is 48.0 Å². The average molecular weight is 392 g/mol. The van der Waals surface area contributed by atoms with Gasteiger partial charge in [0.15, 0.2) is 0 Å². The fourth-order valence-electron chi connectivity index (χ4n) is 2.02. The van der Waals surface area contributed by atoms with E-state index < -0.39 is 0 Å². The van der Waals surface area contributed by atoms with Gasteiger partial charge in [-0.3, -0.25) is 0 Å². The van der Waals surface area contributed by atoms with Crippen molar-refractivity contribution in [3.05, 3.63) is 30.3 Å². The van der Waals surface area contributed by atoms with E-state index in [1.165, 1.54) is 17.3 Å². The number of carbonyl (C=O) groups excluding carboxylic acids is 1. The second-order valence-corrected chi connectivity index (χ2v) is 8.16. The Kier molecular flexibility index (Phi) is 10.9. The van der Waals surface area contributed by atoms with E-state index in [1.54, 1.807) is 6.21 Å². The van der Waals surface area contributed by atoms with Gasteiger partial charge in [-0.2, -0.15) is 0 Å². The minimum atomic E-state index is -0.205. The first-order chi connectivity index (χ1) is 11.7. The average Bonchev–Trinajstić information content (AvgIpc) is 2.57. The second-order valence-electron chi connectivity index (χ2n) is 5.49. The van der Waals surface area contributed by atoms with Gasteiger partial charge in [0.2, 0.25) is 0 Å². The number of hydrogen-bond acceptors (Lipinski definition) is 3. The first-order valence-corrected chi connectivity index (χ1v) is 10.4. The van der Waals surface area contributed by atoms with E-state index in [4.69, 9.17) is 4.74 Å². The predicted molar refractivity (Wildman–Crippen MR) is 102 cm³/mol. The number of aliphatic imine (C=N–C) groups is 1. The molecule has 1 aromatic rings. The van der Waals surface area contributed by atoms with Gasteiger partial charge in [0, 0.05) is 0 Å². The molecule has 0 fully saturated rings. The van der Waals surface area contributed by atoms with Gasteiger partial charge in [-0.25, -0.2) is 0 Å². The molecule has 0 amide bonds. The molecule has 4 heteroatoms. The van der Waals surface area contributed by atoms with Crippen molar-refractivity contribution in [1.29, 1.82) is 0 Å². The van der Waals surface area contributed by atoms with Gasteiger partial charge >= 0.3 is 152 Å². The number of esters is 1. The van der Waals surface area contributed by atoms with Gasteiger partial charge in [-0.1, -0.05) is 0 Å². The molecule has 24 heavy (non-hydrogen) atoms. The molecular formula is C20H27NO2Se. The zero-order chi connectivity index (χ0) is 17.6. The third-order valence-corrected chi connectivity index (χ3v) is 5.73. The van der Waals surface area contributed by atoms with Crippen LogP contribution in [0.1, 0.15) is 46.5 Å². The normalized spacial score (nSPS) is 13.1. The molecule has 0 aromatic heterocycles. The topological polar surface area (TPSA) is 38.7 Å². The van der Waals surface area contributed by atoms with Crippen LogP contribution in [-0.2, 0) is 9.53 Å². The molecular weight excluding hydrogens is 365 g/mol. The molecule has 0 bridgehead atoms. The molecule has 130 valence electrons. The maximum absolute atomic E-state index is 11.4. The van der Waals surface area contributed by atoms with Crippen LogP contribution in [0.5, 0.6) is 0 Å². The SMILES string of the molecule is CCCCC(C#CC=NC(C)CC(=O)OCC)[Se]c1ccccc1. The Bertz CT molecular complexity index is 560. The van der Waals surface area contributed by atoms with Crippen molar-refractivity contribution >= 4 is 31.6 Å². The van der Waals surface area contributed by atoms with Gasteiger partial charge in [-0.15, -0.1) is 0 Å². The summed E-state index contributed by atoms with van der Waals surface area (Å²) in [6.45, 7) is 6.33. The predicted octanol–water partition coefficient (Wildman–Crippen LogP) is 3.41. The molecule has 2 unspecified atom stereocenters. The van der Waals surface area contributed by atoms with E-state index in [0.29, 0.717) is 32.8 Å². The summed E-state index contributed by atoms with van der Waals surface area (Å²) in [7, 11) is 0. The van der Waals surface area contributed by atoms with Crippen molar-refractivity contribution in [3.63, 3.8) is 0 Å². The molecule has 0 spiro atoms. The molecule has 1 rings (SSSR count). The molecule has 3 nitrogen and oxygen atoms in total. The summed E-state index contributed by atoms with van der Waals surface area (Å²) in [5, 5.41) is 0. The third kappa shape index (κ3) is 9.55. The Hall–Kier alpha value is -1.56. The van der Waals surface area contributed by atoms with Gasteiger partial charge in [-0.05, 0) is 0 Å². The second kappa shape index (κ2) is 12.8. The fraction of sp³-hybridized carbons (Fsp3) is 0.500. The monoisotopic (exact) mass is 393 g/mol. The third-order valence-electron chi connectivity index (χ3n) is 3.25. The molecule has 0 saturated carbocycles. The number of carbonyl (C=O) groups is 1. The van der Waals surface area contributed by atoms with E-state index >= 15 is 0 Å². The Balaban J connectivity index is 2.55.